The number of hydrogen-bond donors (Lipinski definition) is 2. The van der Waals surface area contributed by atoms with Gasteiger partial charge in [0.15, 0.2) is 0 Å². The predicted octanol–water partition coefficient (Wildman–Crippen LogP) is 1.97. The van der Waals surface area contributed by atoms with Gasteiger partial charge in [-0.2, -0.15) is 0 Å². The van der Waals surface area contributed by atoms with Crippen LogP contribution >= 0.6 is 11.6 Å². The van der Waals surface area contributed by atoms with Crippen molar-refractivity contribution in [1.29, 1.82) is 0 Å². The third-order valence-electron chi connectivity index (χ3n) is 2.92. The average Bonchev–Trinajstić information content (AvgIpc) is 2.28. The summed E-state index contributed by atoms with van der Waals surface area (Å²) >= 11 is 5.92. The summed E-state index contributed by atoms with van der Waals surface area (Å²) in [4.78, 5) is 0. The van der Waals surface area contributed by atoms with E-state index in [0.29, 0.717) is 12.1 Å². The van der Waals surface area contributed by atoms with Crippen LogP contribution in [-0.2, 0) is 6.42 Å². The molecule has 4 heteroatoms. The van der Waals surface area contributed by atoms with Gasteiger partial charge in [0.2, 0.25) is 0 Å². The Balaban J connectivity index is 2.01. The minimum absolute atomic E-state index is 0.253. The zero-order valence-electron chi connectivity index (χ0n) is 9.26. The maximum atomic E-state index is 13.2. The van der Waals surface area contributed by atoms with Crippen LogP contribution in [0.15, 0.2) is 18.2 Å². The minimum atomic E-state index is -0.337. The summed E-state index contributed by atoms with van der Waals surface area (Å²) < 4.78 is 13.2. The highest BCUT2D eigenvalue weighted by Crippen LogP contribution is 2.21. The Kier molecular flexibility index (Phi) is 3.79. The molecule has 0 bridgehead atoms. The second kappa shape index (κ2) is 5.13. The van der Waals surface area contributed by atoms with Crippen LogP contribution in [0.4, 0.5) is 4.39 Å². The van der Waals surface area contributed by atoms with E-state index >= 15 is 0 Å². The van der Waals surface area contributed by atoms with Gasteiger partial charge in [0.1, 0.15) is 5.82 Å². The van der Waals surface area contributed by atoms with E-state index in [2.05, 4.69) is 17.6 Å². The standard InChI is InChI=1S/C12H16ClFN2/c1-8-6-16-10(7-15-8)5-9-3-2-4-11(14)12(9)13/h2-4,8,10,15-16H,5-7H2,1H3/t8-,10?/m0/s1. The van der Waals surface area contributed by atoms with Gasteiger partial charge in [0.25, 0.3) is 0 Å². The maximum Gasteiger partial charge on any atom is 0.142 e. The van der Waals surface area contributed by atoms with Crippen molar-refractivity contribution < 1.29 is 4.39 Å². The monoisotopic (exact) mass is 242 g/mol. The molecule has 0 radical (unpaired) electrons. The number of halogens is 2. The molecule has 0 aromatic heterocycles. The minimum Gasteiger partial charge on any atom is -0.311 e. The molecule has 0 saturated carbocycles. The highest BCUT2D eigenvalue weighted by atomic mass is 35.5. The summed E-state index contributed by atoms with van der Waals surface area (Å²) in [5.41, 5.74) is 0.871. The molecule has 0 aliphatic carbocycles. The van der Waals surface area contributed by atoms with Gasteiger partial charge in [0, 0.05) is 25.2 Å². The molecule has 1 unspecified atom stereocenters. The Bertz CT molecular complexity index is 362. The van der Waals surface area contributed by atoms with Gasteiger partial charge in [-0.05, 0) is 25.0 Å². The quantitative estimate of drug-likeness (QED) is 0.829. The lowest BCUT2D eigenvalue weighted by atomic mass is 10.0. The van der Waals surface area contributed by atoms with Gasteiger partial charge >= 0.3 is 0 Å². The van der Waals surface area contributed by atoms with E-state index in [9.17, 15) is 4.39 Å². The fraction of sp³-hybridized carbons (Fsp3) is 0.500. The van der Waals surface area contributed by atoms with Crippen molar-refractivity contribution in [3.63, 3.8) is 0 Å². The van der Waals surface area contributed by atoms with E-state index < -0.39 is 0 Å². The van der Waals surface area contributed by atoms with Gasteiger partial charge in [-0.25, -0.2) is 4.39 Å². The molecule has 1 aliphatic heterocycles. The van der Waals surface area contributed by atoms with Crippen molar-refractivity contribution in [2.75, 3.05) is 13.1 Å². The fourth-order valence-electron chi connectivity index (χ4n) is 1.95. The highest BCUT2D eigenvalue weighted by molar-refractivity contribution is 6.31. The third kappa shape index (κ3) is 2.73. The number of rotatable bonds is 2. The van der Waals surface area contributed by atoms with E-state index in [1.807, 2.05) is 6.07 Å². The van der Waals surface area contributed by atoms with Gasteiger partial charge in [-0.15, -0.1) is 0 Å². The topological polar surface area (TPSA) is 24.1 Å². The lowest BCUT2D eigenvalue weighted by Gasteiger charge is -2.29. The predicted molar refractivity (Wildman–Crippen MR) is 64.4 cm³/mol. The van der Waals surface area contributed by atoms with Gasteiger partial charge in [-0.3, -0.25) is 0 Å². The molecule has 2 nitrogen and oxygen atoms in total. The largest absolute Gasteiger partial charge is 0.311 e. The van der Waals surface area contributed by atoms with Crippen LogP contribution in [0.25, 0.3) is 0 Å². The molecule has 1 saturated heterocycles. The molecule has 2 atom stereocenters. The third-order valence-corrected chi connectivity index (χ3v) is 3.35. The molecule has 0 spiro atoms. The zero-order chi connectivity index (χ0) is 11.5. The Morgan fingerprint density at radius 2 is 2.19 bits per heavy atom. The number of benzene rings is 1. The first-order valence-corrected chi connectivity index (χ1v) is 5.94. The molecule has 16 heavy (non-hydrogen) atoms. The normalized spacial score (nSPS) is 25.7. The summed E-state index contributed by atoms with van der Waals surface area (Å²) in [6, 6.07) is 5.80. The van der Waals surface area contributed by atoms with Crippen LogP contribution in [-0.4, -0.2) is 25.2 Å². The maximum absolute atomic E-state index is 13.2. The number of piperazine rings is 1. The molecule has 1 aliphatic rings. The zero-order valence-corrected chi connectivity index (χ0v) is 10.0. The summed E-state index contributed by atoms with van der Waals surface area (Å²) in [5.74, 6) is -0.337. The Morgan fingerprint density at radius 3 is 2.88 bits per heavy atom. The van der Waals surface area contributed by atoms with Gasteiger partial charge < -0.3 is 10.6 Å². The van der Waals surface area contributed by atoms with E-state index in [0.717, 1.165) is 25.1 Å². The van der Waals surface area contributed by atoms with E-state index in [-0.39, 0.29) is 10.8 Å². The Labute approximate surface area is 100 Å². The SMILES string of the molecule is C[C@H]1CNC(Cc2cccc(F)c2Cl)CN1. The van der Waals surface area contributed by atoms with Crippen LogP contribution in [0.3, 0.4) is 0 Å². The molecule has 2 rings (SSSR count). The van der Waals surface area contributed by atoms with Gasteiger partial charge in [-0.1, -0.05) is 23.7 Å². The molecule has 0 amide bonds. The second-order valence-corrected chi connectivity index (χ2v) is 4.71. The molecule has 1 fully saturated rings. The first-order chi connectivity index (χ1) is 7.66. The first-order valence-electron chi connectivity index (χ1n) is 5.56. The molecule has 1 heterocycles. The second-order valence-electron chi connectivity index (χ2n) is 4.33. The Hall–Kier alpha value is -0.640. The summed E-state index contributed by atoms with van der Waals surface area (Å²) in [7, 11) is 0. The smallest absolute Gasteiger partial charge is 0.142 e. The summed E-state index contributed by atoms with van der Waals surface area (Å²) in [6.07, 6.45) is 0.760. The lowest BCUT2D eigenvalue weighted by molar-refractivity contribution is 0.358. The van der Waals surface area contributed by atoms with E-state index in [1.54, 1.807) is 6.07 Å². The lowest BCUT2D eigenvalue weighted by Crippen LogP contribution is -2.53. The highest BCUT2D eigenvalue weighted by Gasteiger charge is 2.18. The molecular formula is C12H16ClFN2. The summed E-state index contributed by atoms with van der Waals surface area (Å²) in [6.45, 7) is 3.98. The molecular weight excluding hydrogens is 227 g/mol. The molecule has 2 N–H and O–H groups in total. The van der Waals surface area contributed by atoms with E-state index in [1.165, 1.54) is 6.07 Å². The average molecular weight is 243 g/mol. The number of hydrogen-bond acceptors (Lipinski definition) is 2. The molecule has 88 valence electrons. The van der Waals surface area contributed by atoms with Crippen molar-refractivity contribution >= 4 is 11.6 Å². The molecule has 1 aromatic carbocycles. The van der Waals surface area contributed by atoms with Crippen molar-refractivity contribution in [2.45, 2.75) is 25.4 Å². The van der Waals surface area contributed by atoms with Crippen molar-refractivity contribution in [3.05, 3.63) is 34.6 Å². The van der Waals surface area contributed by atoms with E-state index in [4.69, 9.17) is 11.6 Å². The van der Waals surface area contributed by atoms with Crippen LogP contribution in [0.5, 0.6) is 0 Å². The van der Waals surface area contributed by atoms with Crippen LogP contribution in [0.2, 0.25) is 5.02 Å². The van der Waals surface area contributed by atoms with Crippen LogP contribution < -0.4 is 10.6 Å². The Morgan fingerprint density at radius 1 is 1.38 bits per heavy atom. The summed E-state index contributed by atoms with van der Waals surface area (Å²) in [5, 5.41) is 7.06. The molecule has 1 aromatic rings. The number of nitrogens with one attached hydrogen (secondary N) is 2. The van der Waals surface area contributed by atoms with Crippen molar-refractivity contribution in [1.82, 2.24) is 10.6 Å². The van der Waals surface area contributed by atoms with Crippen molar-refractivity contribution in [3.8, 4) is 0 Å². The van der Waals surface area contributed by atoms with Crippen molar-refractivity contribution in [2.24, 2.45) is 0 Å². The van der Waals surface area contributed by atoms with Crippen LogP contribution in [0, 0.1) is 5.82 Å². The van der Waals surface area contributed by atoms with Crippen LogP contribution in [0.1, 0.15) is 12.5 Å². The van der Waals surface area contributed by atoms with Gasteiger partial charge in [0.05, 0.1) is 5.02 Å². The first kappa shape index (κ1) is 11.8. The fourth-order valence-corrected chi connectivity index (χ4v) is 2.15.